The Labute approximate surface area is 134 Å². The first kappa shape index (κ1) is 15.7. The molecule has 0 spiro atoms. The number of anilines is 1. The highest BCUT2D eigenvalue weighted by atomic mass is 16.6. The standard InChI is InChI=1S/C14H22N6O3/c1-16-6-8-18(9-7-16)14(21)11-4-3-5-19(11)13-12(20(22)23)15-10-17(13)2/h10-11H,3-9H2,1-2H3. The van der Waals surface area contributed by atoms with Crippen LogP contribution in [0.3, 0.4) is 0 Å². The second-order valence-corrected chi connectivity index (χ2v) is 6.24. The van der Waals surface area contributed by atoms with E-state index in [9.17, 15) is 14.9 Å². The lowest BCUT2D eigenvalue weighted by Gasteiger charge is -2.36. The molecule has 2 aliphatic heterocycles. The molecule has 0 bridgehead atoms. The molecule has 3 rings (SSSR count). The zero-order chi connectivity index (χ0) is 16.6. The minimum atomic E-state index is -0.481. The van der Waals surface area contributed by atoms with Gasteiger partial charge in [-0.15, -0.1) is 0 Å². The number of aryl methyl sites for hydroxylation is 1. The molecule has 126 valence electrons. The zero-order valence-corrected chi connectivity index (χ0v) is 13.5. The minimum Gasteiger partial charge on any atom is -0.358 e. The molecule has 1 atom stereocenters. The maximum Gasteiger partial charge on any atom is 0.406 e. The number of nitro groups is 1. The molecule has 9 heteroatoms. The Morgan fingerprint density at radius 3 is 2.61 bits per heavy atom. The SMILES string of the molecule is CN1CCN(C(=O)C2CCCN2c2c([N+](=O)[O-])ncn2C)CC1. The summed E-state index contributed by atoms with van der Waals surface area (Å²) in [5, 5.41) is 11.2. The van der Waals surface area contributed by atoms with E-state index < -0.39 is 4.92 Å². The number of nitrogens with zero attached hydrogens (tertiary/aromatic N) is 6. The first-order valence-corrected chi connectivity index (χ1v) is 7.88. The van der Waals surface area contributed by atoms with Crippen LogP contribution in [0.4, 0.5) is 11.6 Å². The second kappa shape index (κ2) is 6.15. The van der Waals surface area contributed by atoms with Crippen LogP contribution in [-0.4, -0.2) is 76.0 Å². The van der Waals surface area contributed by atoms with Crippen molar-refractivity contribution >= 4 is 17.5 Å². The molecule has 0 radical (unpaired) electrons. The lowest BCUT2D eigenvalue weighted by molar-refractivity contribution is -0.388. The Morgan fingerprint density at radius 2 is 1.96 bits per heavy atom. The second-order valence-electron chi connectivity index (χ2n) is 6.24. The van der Waals surface area contributed by atoms with Crippen LogP contribution in [-0.2, 0) is 11.8 Å². The smallest absolute Gasteiger partial charge is 0.358 e. The Morgan fingerprint density at radius 1 is 1.26 bits per heavy atom. The van der Waals surface area contributed by atoms with Crippen LogP contribution in [0, 0.1) is 10.1 Å². The van der Waals surface area contributed by atoms with Gasteiger partial charge in [-0.3, -0.25) is 9.36 Å². The summed E-state index contributed by atoms with van der Waals surface area (Å²) < 4.78 is 1.63. The summed E-state index contributed by atoms with van der Waals surface area (Å²) in [7, 11) is 3.77. The number of imidazole rings is 1. The Bertz CT molecular complexity index is 608. The summed E-state index contributed by atoms with van der Waals surface area (Å²) in [5.74, 6) is 0.330. The third kappa shape index (κ3) is 2.88. The van der Waals surface area contributed by atoms with Crippen LogP contribution in [0.25, 0.3) is 0 Å². The highest BCUT2D eigenvalue weighted by Crippen LogP contribution is 2.32. The maximum absolute atomic E-state index is 12.9. The summed E-state index contributed by atoms with van der Waals surface area (Å²) >= 11 is 0. The van der Waals surface area contributed by atoms with Crippen molar-refractivity contribution < 1.29 is 9.72 Å². The number of hydrogen-bond acceptors (Lipinski definition) is 6. The fourth-order valence-corrected chi connectivity index (χ4v) is 3.39. The summed E-state index contributed by atoms with van der Waals surface area (Å²) in [6, 6.07) is -0.326. The number of carbonyl (C=O) groups is 1. The Balaban J connectivity index is 1.82. The van der Waals surface area contributed by atoms with Crippen molar-refractivity contribution in [3.8, 4) is 0 Å². The fraction of sp³-hybridized carbons (Fsp3) is 0.714. The first-order chi connectivity index (χ1) is 11.0. The van der Waals surface area contributed by atoms with Crippen LogP contribution in [0.15, 0.2) is 6.33 Å². The molecule has 1 aromatic rings. The quantitative estimate of drug-likeness (QED) is 0.578. The van der Waals surface area contributed by atoms with Crippen LogP contribution < -0.4 is 4.90 Å². The molecule has 2 fully saturated rings. The summed E-state index contributed by atoms with van der Waals surface area (Å²) in [5.41, 5.74) is 0. The number of amides is 1. The molecule has 0 saturated carbocycles. The van der Waals surface area contributed by atoms with E-state index in [1.165, 1.54) is 6.33 Å². The van der Waals surface area contributed by atoms with Crippen LogP contribution >= 0.6 is 0 Å². The molecule has 0 aliphatic carbocycles. The summed E-state index contributed by atoms with van der Waals surface area (Å²) in [6.45, 7) is 3.81. The molecule has 1 unspecified atom stereocenters. The van der Waals surface area contributed by atoms with Crippen molar-refractivity contribution in [3.63, 3.8) is 0 Å². The van der Waals surface area contributed by atoms with Crippen LogP contribution in [0.5, 0.6) is 0 Å². The van der Waals surface area contributed by atoms with Gasteiger partial charge in [-0.1, -0.05) is 0 Å². The van der Waals surface area contributed by atoms with Crippen LogP contribution in [0.1, 0.15) is 12.8 Å². The highest BCUT2D eigenvalue weighted by molar-refractivity contribution is 5.86. The molecule has 0 N–H and O–H groups in total. The largest absolute Gasteiger partial charge is 0.406 e. The topological polar surface area (TPSA) is 87.8 Å². The van der Waals surface area contributed by atoms with Crippen molar-refractivity contribution in [1.82, 2.24) is 19.4 Å². The van der Waals surface area contributed by atoms with Gasteiger partial charge in [-0.05, 0) is 29.8 Å². The lowest BCUT2D eigenvalue weighted by Crippen LogP contribution is -2.53. The van der Waals surface area contributed by atoms with Gasteiger partial charge in [-0.2, -0.15) is 0 Å². The average Bonchev–Trinajstić information content (AvgIpc) is 3.13. The predicted molar refractivity (Wildman–Crippen MR) is 84.3 cm³/mol. The van der Waals surface area contributed by atoms with E-state index in [1.54, 1.807) is 11.6 Å². The number of rotatable bonds is 3. The molecule has 9 nitrogen and oxygen atoms in total. The molecule has 1 aromatic heterocycles. The number of piperazine rings is 1. The third-order valence-corrected chi connectivity index (χ3v) is 4.69. The molecule has 3 heterocycles. The lowest BCUT2D eigenvalue weighted by atomic mass is 10.1. The van der Waals surface area contributed by atoms with E-state index in [0.29, 0.717) is 25.5 Å². The molecular formula is C14H22N6O3. The molecule has 23 heavy (non-hydrogen) atoms. The van der Waals surface area contributed by atoms with E-state index >= 15 is 0 Å². The number of hydrogen-bond donors (Lipinski definition) is 0. The van der Waals surface area contributed by atoms with Crippen molar-refractivity contribution in [2.24, 2.45) is 7.05 Å². The molecule has 0 aromatic carbocycles. The van der Waals surface area contributed by atoms with Crippen molar-refractivity contribution in [1.29, 1.82) is 0 Å². The van der Waals surface area contributed by atoms with Crippen molar-refractivity contribution in [3.05, 3.63) is 16.4 Å². The van der Waals surface area contributed by atoms with Crippen molar-refractivity contribution in [2.45, 2.75) is 18.9 Å². The normalized spacial score (nSPS) is 22.6. The van der Waals surface area contributed by atoms with Gasteiger partial charge in [-0.25, -0.2) is 0 Å². The zero-order valence-electron chi connectivity index (χ0n) is 13.5. The van der Waals surface area contributed by atoms with E-state index in [1.807, 2.05) is 16.8 Å². The third-order valence-electron chi connectivity index (χ3n) is 4.69. The first-order valence-electron chi connectivity index (χ1n) is 7.88. The number of likely N-dealkylation sites (N-methyl/N-ethyl adjacent to an activating group) is 1. The van der Waals surface area contributed by atoms with Crippen molar-refractivity contribution in [2.75, 3.05) is 44.7 Å². The maximum atomic E-state index is 12.9. The number of carbonyl (C=O) groups excluding carboxylic acids is 1. The molecule has 2 saturated heterocycles. The number of aromatic nitrogens is 2. The highest BCUT2D eigenvalue weighted by Gasteiger charge is 2.39. The van der Waals surface area contributed by atoms with Gasteiger partial charge in [0, 0.05) is 39.8 Å². The fourth-order valence-electron chi connectivity index (χ4n) is 3.39. The molecular weight excluding hydrogens is 300 g/mol. The average molecular weight is 322 g/mol. The van der Waals surface area contributed by atoms with E-state index in [2.05, 4.69) is 9.88 Å². The van der Waals surface area contributed by atoms with Gasteiger partial charge >= 0.3 is 5.82 Å². The van der Waals surface area contributed by atoms with Gasteiger partial charge in [0.1, 0.15) is 6.04 Å². The van der Waals surface area contributed by atoms with Gasteiger partial charge in [0.25, 0.3) is 0 Å². The van der Waals surface area contributed by atoms with Gasteiger partial charge in [0.15, 0.2) is 0 Å². The molecule has 2 aliphatic rings. The van der Waals surface area contributed by atoms with E-state index in [-0.39, 0.29) is 17.8 Å². The van der Waals surface area contributed by atoms with E-state index in [4.69, 9.17) is 0 Å². The summed E-state index contributed by atoms with van der Waals surface area (Å²) in [4.78, 5) is 33.4. The monoisotopic (exact) mass is 322 g/mol. The van der Waals surface area contributed by atoms with Gasteiger partial charge in [0.2, 0.25) is 18.1 Å². The van der Waals surface area contributed by atoms with Gasteiger partial charge < -0.3 is 24.8 Å². The Hall–Kier alpha value is -2.16. The summed E-state index contributed by atoms with van der Waals surface area (Å²) in [6.07, 6.45) is 3.02. The van der Waals surface area contributed by atoms with Crippen LogP contribution in [0.2, 0.25) is 0 Å². The Kier molecular flexibility index (Phi) is 4.20. The predicted octanol–water partition coefficient (Wildman–Crippen LogP) is 0.0711. The van der Waals surface area contributed by atoms with E-state index in [0.717, 1.165) is 25.9 Å². The molecule has 1 amide bonds. The minimum absolute atomic E-state index is 0.0751. The van der Waals surface area contributed by atoms with Gasteiger partial charge in [0.05, 0.1) is 0 Å².